The first kappa shape index (κ1) is 16.7. The Labute approximate surface area is 143 Å². The van der Waals surface area contributed by atoms with Crippen LogP contribution in [0.4, 0.5) is 0 Å². The molecule has 2 aromatic heterocycles. The summed E-state index contributed by atoms with van der Waals surface area (Å²) in [7, 11) is 1.61. The van der Waals surface area contributed by atoms with Gasteiger partial charge in [-0.2, -0.15) is 4.98 Å². The van der Waals surface area contributed by atoms with Crippen molar-refractivity contribution in [1.29, 1.82) is 0 Å². The molecule has 0 bridgehead atoms. The summed E-state index contributed by atoms with van der Waals surface area (Å²) in [5.41, 5.74) is 6.71. The van der Waals surface area contributed by atoms with Gasteiger partial charge in [0, 0.05) is 5.56 Å². The van der Waals surface area contributed by atoms with Gasteiger partial charge in [-0.25, -0.2) is 4.98 Å². The van der Waals surface area contributed by atoms with E-state index in [0.29, 0.717) is 29.7 Å². The SMILES string of the molecule is COc1ccc(-c2nc(Cc3noc(CNC(=O)CN)n3)co2)cc1. The fourth-order valence-electron chi connectivity index (χ4n) is 2.10. The molecule has 0 spiro atoms. The summed E-state index contributed by atoms with van der Waals surface area (Å²) in [6.45, 7) is 0.0486. The summed E-state index contributed by atoms with van der Waals surface area (Å²) in [6.07, 6.45) is 1.90. The molecule has 3 rings (SSSR count). The molecule has 0 aliphatic carbocycles. The number of hydrogen-bond donors (Lipinski definition) is 2. The lowest BCUT2D eigenvalue weighted by Gasteiger charge is -1.99. The molecule has 3 aromatic rings. The summed E-state index contributed by atoms with van der Waals surface area (Å²) in [5.74, 6) is 1.72. The number of oxazole rings is 1. The van der Waals surface area contributed by atoms with Gasteiger partial charge < -0.3 is 24.7 Å². The summed E-state index contributed by atoms with van der Waals surface area (Å²) in [5, 5.41) is 6.41. The molecule has 9 nitrogen and oxygen atoms in total. The van der Waals surface area contributed by atoms with Crippen molar-refractivity contribution in [2.45, 2.75) is 13.0 Å². The molecule has 3 N–H and O–H groups in total. The first-order chi connectivity index (χ1) is 12.2. The van der Waals surface area contributed by atoms with Crippen molar-refractivity contribution >= 4 is 5.91 Å². The highest BCUT2D eigenvalue weighted by Crippen LogP contribution is 2.22. The van der Waals surface area contributed by atoms with Crippen molar-refractivity contribution in [3.05, 3.63) is 47.9 Å². The van der Waals surface area contributed by atoms with Crippen LogP contribution in [0.2, 0.25) is 0 Å². The van der Waals surface area contributed by atoms with Gasteiger partial charge in [0.2, 0.25) is 17.7 Å². The highest BCUT2D eigenvalue weighted by molar-refractivity contribution is 5.77. The Bertz CT molecular complexity index is 840. The lowest BCUT2D eigenvalue weighted by atomic mass is 10.2. The molecular weight excluding hydrogens is 326 g/mol. The van der Waals surface area contributed by atoms with E-state index in [9.17, 15) is 4.79 Å². The van der Waals surface area contributed by atoms with E-state index in [0.717, 1.165) is 11.3 Å². The van der Waals surface area contributed by atoms with Crippen LogP contribution in [0.5, 0.6) is 5.75 Å². The van der Waals surface area contributed by atoms with E-state index < -0.39 is 0 Å². The molecule has 0 unspecified atom stereocenters. The summed E-state index contributed by atoms with van der Waals surface area (Å²) < 4.78 is 15.7. The maximum Gasteiger partial charge on any atom is 0.246 e. The Hall–Kier alpha value is -3.20. The Kier molecular flexibility index (Phi) is 5.05. The number of benzene rings is 1. The molecule has 1 amide bonds. The van der Waals surface area contributed by atoms with Crippen molar-refractivity contribution in [3.8, 4) is 17.2 Å². The quantitative estimate of drug-likeness (QED) is 0.647. The van der Waals surface area contributed by atoms with Crippen molar-refractivity contribution in [2.24, 2.45) is 5.73 Å². The maximum atomic E-state index is 11.1. The minimum atomic E-state index is -0.291. The van der Waals surface area contributed by atoms with Crippen LogP contribution in [0.25, 0.3) is 11.5 Å². The van der Waals surface area contributed by atoms with Gasteiger partial charge in [0.05, 0.1) is 32.3 Å². The molecule has 1 aromatic carbocycles. The number of amides is 1. The van der Waals surface area contributed by atoms with Gasteiger partial charge >= 0.3 is 0 Å². The standard InChI is InChI=1S/C16H17N5O4/c1-23-12-4-2-10(3-5-12)16-19-11(9-24-16)6-13-20-15(25-21-13)8-18-14(22)7-17/h2-5,9H,6-8,17H2,1H3,(H,18,22). The Morgan fingerprint density at radius 2 is 2.08 bits per heavy atom. The topological polar surface area (TPSA) is 129 Å². The van der Waals surface area contributed by atoms with Crippen LogP contribution in [0.3, 0.4) is 0 Å². The Morgan fingerprint density at radius 3 is 2.80 bits per heavy atom. The number of ether oxygens (including phenoxy) is 1. The predicted molar refractivity (Wildman–Crippen MR) is 86.5 cm³/mol. The molecule has 0 aliphatic rings. The first-order valence-electron chi connectivity index (χ1n) is 7.55. The average Bonchev–Trinajstić information content (AvgIpc) is 3.29. The third-order valence-electron chi connectivity index (χ3n) is 3.36. The van der Waals surface area contributed by atoms with E-state index in [4.69, 9.17) is 19.4 Å². The van der Waals surface area contributed by atoms with E-state index >= 15 is 0 Å². The lowest BCUT2D eigenvalue weighted by molar-refractivity contribution is -0.120. The first-order valence-corrected chi connectivity index (χ1v) is 7.55. The number of methoxy groups -OCH3 is 1. The van der Waals surface area contributed by atoms with Crippen LogP contribution in [-0.4, -0.2) is 34.7 Å². The minimum Gasteiger partial charge on any atom is -0.497 e. The van der Waals surface area contributed by atoms with Gasteiger partial charge in [-0.3, -0.25) is 4.79 Å². The van der Waals surface area contributed by atoms with Gasteiger partial charge in [-0.1, -0.05) is 5.16 Å². The fraction of sp³-hybridized carbons (Fsp3) is 0.250. The molecule has 9 heteroatoms. The molecule has 2 heterocycles. The monoisotopic (exact) mass is 343 g/mol. The van der Waals surface area contributed by atoms with E-state index in [-0.39, 0.29) is 19.0 Å². The second kappa shape index (κ2) is 7.58. The maximum absolute atomic E-state index is 11.1. The predicted octanol–water partition coefficient (Wildman–Crippen LogP) is 0.899. The van der Waals surface area contributed by atoms with Crippen LogP contribution in [-0.2, 0) is 17.8 Å². The van der Waals surface area contributed by atoms with Crippen LogP contribution in [0.15, 0.2) is 39.5 Å². The van der Waals surface area contributed by atoms with E-state index in [1.165, 1.54) is 0 Å². The fourth-order valence-corrected chi connectivity index (χ4v) is 2.10. The molecule has 0 radical (unpaired) electrons. The summed E-state index contributed by atoms with van der Waals surface area (Å²) >= 11 is 0. The van der Waals surface area contributed by atoms with Crippen molar-refractivity contribution in [3.63, 3.8) is 0 Å². The van der Waals surface area contributed by atoms with Crippen molar-refractivity contribution < 1.29 is 18.5 Å². The van der Waals surface area contributed by atoms with Gasteiger partial charge in [-0.15, -0.1) is 0 Å². The smallest absolute Gasteiger partial charge is 0.246 e. The molecule has 0 fully saturated rings. The number of nitrogens with two attached hydrogens (primary N) is 1. The van der Waals surface area contributed by atoms with Gasteiger partial charge in [0.15, 0.2) is 5.82 Å². The third kappa shape index (κ3) is 4.21. The van der Waals surface area contributed by atoms with E-state index in [2.05, 4.69) is 20.4 Å². The molecule has 25 heavy (non-hydrogen) atoms. The van der Waals surface area contributed by atoms with Crippen LogP contribution in [0.1, 0.15) is 17.4 Å². The number of hydrogen-bond acceptors (Lipinski definition) is 8. The van der Waals surface area contributed by atoms with Gasteiger partial charge in [0.1, 0.15) is 12.0 Å². The van der Waals surface area contributed by atoms with Gasteiger partial charge in [-0.05, 0) is 24.3 Å². The molecule has 0 saturated heterocycles. The molecular formula is C16H17N5O4. The second-order valence-electron chi connectivity index (χ2n) is 5.13. The summed E-state index contributed by atoms with van der Waals surface area (Å²) in [6, 6.07) is 7.39. The molecule has 130 valence electrons. The lowest BCUT2D eigenvalue weighted by Crippen LogP contribution is -2.29. The summed E-state index contributed by atoms with van der Waals surface area (Å²) in [4.78, 5) is 19.7. The van der Waals surface area contributed by atoms with E-state index in [1.807, 2.05) is 24.3 Å². The van der Waals surface area contributed by atoms with Crippen LogP contribution >= 0.6 is 0 Å². The number of carbonyl (C=O) groups excluding carboxylic acids is 1. The van der Waals surface area contributed by atoms with Crippen molar-refractivity contribution in [1.82, 2.24) is 20.4 Å². The van der Waals surface area contributed by atoms with Crippen LogP contribution < -0.4 is 15.8 Å². The minimum absolute atomic E-state index is 0.0892. The zero-order chi connectivity index (χ0) is 17.6. The number of nitrogens with zero attached hydrogens (tertiary/aromatic N) is 3. The molecule has 0 aliphatic heterocycles. The number of aromatic nitrogens is 3. The Balaban J connectivity index is 1.63. The number of nitrogens with one attached hydrogen (secondary N) is 1. The zero-order valence-electron chi connectivity index (χ0n) is 13.6. The van der Waals surface area contributed by atoms with E-state index in [1.54, 1.807) is 13.4 Å². The average molecular weight is 343 g/mol. The highest BCUT2D eigenvalue weighted by Gasteiger charge is 2.12. The highest BCUT2D eigenvalue weighted by atomic mass is 16.5. The molecule has 0 saturated carbocycles. The third-order valence-corrected chi connectivity index (χ3v) is 3.36. The van der Waals surface area contributed by atoms with Crippen molar-refractivity contribution in [2.75, 3.05) is 13.7 Å². The Morgan fingerprint density at radius 1 is 1.28 bits per heavy atom. The zero-order valence-corrected chi connectivity index (χ0v) is 13.6. The normalized spacial score (nSPS) is 10.6. The largest absolute Gasteiger partial charge is 0.497 e. The number of carbonyl (C=O) groups is 1. The number of rotatable bonds is 7. The van der Waals surface area contributed by atoms with Crippen LogP contribution in [0, 0.1) is 0 Å². The second-order valence-corrected chi connectivity index (χ2v) is 5.13. The van der Waals surface area contributed by atoms with Gasteiger partial charge in [0.25, 0.3) is 0 Å². The molecule has 0 atom stereocenters.